The number of hydrogen-bond acceptors (Lipinski definition) is 2. The van der Waals surface area contributed by atoms with E-state index in [1.165, 1.54) is 19.3 Å². The molecule has 0 aliphatic heterocycles. The molecule has 17 heavy (non-hydrogen) atoms. The maximum Gasteiger partial charge on any atom is 0.255 e. The van der Waals surface area contributed by atoms with E-state index in [4.69, 9.17) is 17.3 Å². The third-order valence-corrected chi connectivity index (χ3v) is 3.78. The molecule has 0 spiro atoms. The normalized spacial score (nSPS) is 15.4. The molecule has 0 aromatic heterocycles. The zero-order valence-corrected chi connectivity index (χ0v) is 10.7. The SMILES string of the molecule is CN(CC1CCC1)C(=O)c1cccc(N)c1Cl. The molecule has 1 fully saturated rings. The fourth-order valence-corrected chi connectivity index (χ4v) is 2.27. The molecule has 4 heteroatoms. The van der Waals surface area contributed by atoms with Crippen LogP contribution in [0.25, 0.3) is 0 Å². The summed E-state index contributed by atoms with van der Waals surface area (Å²) in [7, 11) is 1.82. The van der Waals surface area contributed by atoms with Gasteiger partial charge >= 0.3 is 0 Å². The largest absolute Gasteiger partial charge is 0.398 e. The number of benzene rings is 1. The molecule has 2 N–H and O–H groups in total. The average molecular weight is 253 g/mol. The van der Waals surface area contributed by atoms with Crippen LogP contribution in [0.1, 0.15) is 29.6 Å². The molecule has 0 unspecified atom stereocenters. The smallest absolute Gasteiger partial charge is 0.255 e. The summed E-state index contributed by atoms with van der Waals surface area (Å²) in [6.07, 6.45) is 3.73. The average Bonchev–Trinajstić information content (AvgIpc) is 2.26. The van der Waals surface area contributed by atoms with Gasteiger partial charge in [0, 0.05) is 13.6 Å². The first kappa shape index (κ1) is 12.2. The van der Waals surface area contributed by atoms with Gasteiger partial charge in [-0.05, 0) is 30.9 Å². The molecule has 1 aromatic rings. The number of rotatable bonds is 3. The van der Waals surface area contributed by atoms with Gasteiger partial charge in [0.05, 0.1) is 16.3 Å². The summed E-state index contributed by atoms with van der Waals surface area (Å²) in [4.78, 5) is 13.9. The Morgan fingerprint density at radius 1 is 1.53 bits per heavy atom. The summed E-state index contributed by atoms with van der Waals surface area (Å²) >= 11 is 6.04. The number of carbonyl (C=O) groups excluding carboxylic acids is 1. The Kier molecular flexibility index (Phi) is 3.57. The maximum absolute atomic E-state index is 12.2. The highest BCUT2D eigenvalue weighted by Crippen LogP contribution is 2.28. The van der Waals surface area contributed by atoms with Crippen LogP contribution in [0.5, 0.6) is 0 Å². The van der Waals surface area contributed by atoms with Crippen LogP contribution in [0.2, 0.25) is 5.02 Å². The minimum absolute atomic E-state index is 0.0470. The molecule has 0 atom stereocenters. The molecule has 2 rings (SSSR count). The Morgan fingerprint density at radius 2 is 2.24 bits per heavy atom. The number of halogens is 1. The van der Waals surface area contributed by atoms with Crippen molar-refractivity contribution in [2.75, 3.05) is 19.3 Å². The van der Waals surface area contributed by atoms with Crippen molar-refractivity contribution in [3.05, 3.63) is 28.8 Å². The first-order chi connectivity index (χ1) is 8.09. The van der Waals surface area contributed by atoms with Gasteiger partial charge in [0.15, 0.2) is 0 Å². The summed E-state index contributed by atoms with van der Waals surface area (Å²) in [5.74, 6) is 0.609. The Morgan fingerprint density at radius 3 is 2.82 bits per heavy atom. The molecule has 0 radical (unpaired) electrons. The minimum Gasteiger partial charge on any atom is -0.398 e. The van der Waals surface area contributed by atoms with Crippen molar-refractivity contribution in [1.82, 2.24) is 4.90 Å². The van der Waals surface area contributed by atoms with E-state index >= 15 is 0 Å². The van der Waals surface area contributed by atoms with E-state index < -0.39 is 0 Å². The molecule has 1 aliphatic rings. The van der Waals surface area contributed by atoms with Crippen molar-refractivity contribution in [3.63, 3.8) is 0 Å². The predicted molar refractivity (Wildman–Crippen MR) is 70.2 cm³/mol. The molecule has 1 amide bonds. The van der Waals surface area contributed by atoms with Gasteiger partial charge in [-0.1, -0.05) is 24.1 Å². The molecule has 1 aromatic carbocycles. The first-order valence-corrected chi connectivity index (χ1v) is 6.27. The number of nitrogen functional groups attached to an aromatic ring is 1. The highest BCUT2D eigenvalue weighted by molar-refractivity contribution is 6.36. The number of amides is 1. The Labute approximate surface area is 107 Å². The third kappa shape index (κ3) is 2.55. The van der Waals surface area contributed by atoms with Crippen LogP contribution in [0.4, 0.5) is 5.69 Å². The molecule has 3 nitrogen and oxygen atoms in total. The molecule has 0 heterocycles. The van der Waals surface area contributed by atoms with Crippen LogP contribution >= 0.6 is 11.6 Å². The van der Waals surface area contributed by atoms with E-state index in [2.05, 4.69) is 0 Å². The van der Waals surface area contributed by atoms with E-state index in [9.17, 15) is 4.79 Å². The summed E-state index contributed by atoms with van der Waals surface area (Å²) in [6, 6.07) is 5.18. The molecular formula is C13H17ClN2O. The Hall–Kier alpha value is -1.22. The fourth-order valence-electron chi connectivity index (χ4n) is 2.07. The van der Waals surface area contributed by atoms with Crippen LogP contribution in [0, 0.1) is 5.92 Å². The van der Waals surface area contributed by atoms with Crippen molar-refractivity contribution in [3.8, 4) is 0 Å². The summed E-state index contributed by atoms with van der Waals surface area (Å²) < 4.78 is 0. The van der Waals surface area contributed by atoms with Crippen LogP contribution in [-0.2, 0) is 0 Å². The van der Waals surface area contributed by atoms with Crippen LogP contribution in [0.15, 0.2) is 18.2 Å². The first-order valence-electron chi connectivity index (χ1n) is 5.89. The lowest BCUT2D eigenvalue weighted by Gasteiger charge is -2.30. The molecule has 1 aliphatic carbocycles. The highest BCUT2D eigenvalue weighted by atomic mass is 35.5. The molecule has 1 saturated carbocycles. The Bertz CT molecular complexity index is 429. The van der Waals surface area contributed by atoms with Crippen LogP contribution in [0.3, 0.4) is 0 Å². The number of nitrogens with two attached hydrogens (primary N) is 1. The second kappa shape index (κ2) is 4.96. The predicted octanol–water partition coefficient (Wildman–Crippen LogP) is 2.79. The minimum atomic E-state index is -0.0470. The maximum atomic E-state index is 12.2. The van der Waals surface area contributed by atoms with Crippen molar-refractivity contribution in [1.29, 1.82) is 0 Å². The topological polar surface area (TPSA) is 46.3 Å². The standard InChI is InChI=1S/C13H17ClN2O/c1-16(8-9-4-2-5-9)13(17)10-6-3-7-11(15)12(10)14/h3,6-7,9H,2,4-5,8,15H2,1H3. The van der Waals surface area contributed by atoms with Crippen molar-refractivity contribution < 1.29 is 4.79 Å². The zero-order valence-electron chi connectivity index (χ0n) is 9.95. The van der Waals surface area contributed by atoms with Gasteiger partial charge in [-0.2, -0.15) is 0 Å². The molecule has 0 bridgehead atoms. The number of anilines is 1. The van der Waals surface area contributed by atoms with Gasteiger partial charge in [-0.3, -0.25) is 4.79 Å². The fraction of sp³-hybridized carbons (Fsp3) is 0.462. The van der Waals surface area contributed by atoms with Gasteiger partial charge in [0.25, 0.3) is 5.91 Å². The van der Waals surface area contributed by atoms with Gasteiger partial charge < -0.3 is 10.6 Å². The summed E-state index contributed by atoms with van der Waals surface area (Å²) in [5.41, 5.74) is 6.64. The lowest BCUT2D eigenvalue weighted by atomic mass is 9.85. The molecular weight excluding hydrogens is 236 g/mol. The molecule has 92 valence electrons. The number of nitrogens with zero attached hydrogens (tertiary/aromatic N) is 1. The lowest BCUT2D eigenvalue weighted by Crippen LogP contribution is -2.34. The highest BCUT2D eigenvalue weighted by Gasteiger charge is 2.23. The van der Waals surface area contributed by atoms with E-state index in [1.54, 1.807) is 23.1 Å². The summed E-state index contributed by atoms with van der Waals surface area (Å²) in [5, 5.41) is 0.359. The van der Waals surface area contributed by atoms with Gasteiger partial charge in [0.1, 0.15) is 0 Å². The molecule has 0 saturated heterocycles. The van der Waals surface area contributed by atoms with Crippen LogP contribution in [-0.4, -0.2) is 24.4 Å². The number of carbonyl (C=O) groups is 1. The van der Waals surface area contributed by atoms with E-state index in [-0.39, 0.29) is 5.91 Å². The van der Waals surface area contributed by atoms with Crippen molar-refractivity contribution in [2.45, 2.75) is 19.3 Å². The van der Waals surface area contributed by atoms with Crippen molar-refractivity contribution >= 4 is 23.2 Å². The van der Waals surface area contributed by atoms with Gasteiger partial charge in [-0.15, -0.1) is 0 Å². The van der Waals surface area contributed by atoms with Crippen molar-refractivity contribution in [2.24, 2.45) is 5.92 Å². The third-order valence-electron chi connectivity index (χ3n) is 3.36. The quantitative estimate of drug-likeness (QED) is 0.841. The second-order valence-electron chi connectivity index (χ2n) is 4.69. The van der Waals surface area contributed by atoms with Gasteiger partial charge in [0.2, 0.25) is 0 Å². The van der Waals surface area contributed by atoms with E-state index in [0.717, 1.165) is 6.54 Å². The van der Waals surface area contributed by atoms with E-state index in [1.807, 2.05) is 7.05 Å². The summed E-state index contributed by atoms with van der Waals surface area (Å²) in [6.45, 7) is 0.809. The van der Waals surface area contributed by atoms with Crippen LogP contribution < -0.4 is 5.73 Å². The van der Waals surface area contributed by atoms with E-state index in [0.29, 0.717) is 22.2 Å². The monoisotopic (exact) mass is 252 g/mol. The lowest BCUT2D eigenvalue weighted by molar-refractivity contribution is 0.0745. The Balaban J connectivity index is 2.09. The number of hydrogen-bond donors (Lipinski definition) is 1. The van der Waals surface area contributed by atoms with Gasteiger partial charge in [-0.25, -0.2) is 0 Å². The zero-order chi connectivity index (χ0) is 12.4. The second-order valence-corrected chi connectivity index (χ2v) is 5.07.